The Hall–Kier alpha value is -2.29. The van der Waals surface area contributed by atoms with Gasteiger partial charge in [0.2, 0.25) is 0 Å². The summed E-state index contributed by atoms with van der Waals surface area (Å²) < 4.78 is 8.27. The van der Waals surface area contributed by atoms with Crippen molar-refractivity contribution in [2.75, 3.05) is 31.1 Å². The van der Waals surface area contributed by atoms with Crippen LogP contribution in [0.25, 0.3) is 22.3 Å². The second-order valence-electron chi connectivity index (χ2n) is 11.2. The Morgan fingerprint density at radius 1 is 1.09 bits per heavy atom. The van der Waals surface area contributed by atoms with Gasteiger partial charge >= 0.3 is 0 Å². The van der Waals surface area contributed by atoms with Gasteiger partial charge < -0.3 is 19.5 Å². The maximum absolute atomic E-state index is 6.13. The summed E-state index contributed by atoms with van der Waals surface area (Å²) in [7, 11) is -1.13. The first-order valence-electron chi connectivity index (χ1n) is 12.8. The number of anilines is 1. The van der Waals surface area contributed by atoms with Crippen LogP contribution >= 0.6 is 0 Å². The number of aromatic nitrogens is 4. The van der Waals surface area contributed by atoms with E-state index in [-0.39, 0.29) is 5.54 Å². The molecule has 7 nitrogen and oxygen atoms in total. The lowest BCUT2D eigenvalue weighted by atomic mass is 9.81. The zero-order valence-electron chi connectivity index (χ0n) is 20.9. The van der Waals surface area contributed by atoms with Gasteiger partial charge in [0.15, 0.2) is 0 Å². The van der Waals surface area contributed by atoms with Crippen LogP contribution in [0.4, 0.5) is 5.69 Å². The number of rotatable bonds is 7. The summed E-state index contributed by atoms with van der Waals surface area (Å²) in [5.41, 5.74) is 4.41. The quantitative estimate of drug-likeness (QED) is 0.384. The molecule has 2 aliphatic heterocycles. The summed E-state index contributed by atoms with van der Waals surface area (Å²) in [6.07, 6.45) is 15.8. The molecule has 0 saturated carbocycles. The molecule has 0 bridgehead atoms. The lowest BCUT2D eigenvalue weighted by Crippen LogP contribution is -2.59. The highest BCUT2D eigenvalue weighted by Gasteiger charge is 2.37. The predicted molar refractivity (Wildman–Crippen MR) is 141 cm³/mol. The Morgan fingerprint density at radius 3 is 2.74 bits per heavy atom. The SMILES string of the molecule is C[Si](C)(C)CCOCn1cc(-c2cnccn2)c2c(N3CCCC4(CCCCN4)C3)ccnc21. The van der Waals surface area contributed by atoms with Gasteiger partial charge in [0.05, 0.1) is 23.0 Å². The van der Waals surface area contributed by atoms with E-state index in [9.17, 15) is 0 Å². The molecule has 5 rings (SSSR count). The van der Waals surface area contributed by atoms with Gasteiger partial charge in [0.25, 0.3) is 0 Å². The van der Waals surface area contributed by atoms with Gasteiger partial charge in [-0.1, -0.05) is 26.1 Å². The number of hydrogen-bond donors (Lipinski definition) is 1. The van der Waals surface area contributed by atoms with Crippen LogP contribution in [0.15, 0.2) is 37.1 Å². The van der Waals surface area contributed by atoms with Gasteiger partial charge in [-0.05, 0) is 44.3 Å². The van der Waals surface area contributed by atoms with Crippen LogP contribution in [0, 0.1) is 0 Å². The average molecular weight is 479 g/mol. The molecule has 34 heavy (non-hydrogen) atoms. The molecule has 0 amide bonds. The molecule has 182 valence electrons. The maximum Gasteiger partial charge on any atom is 0.144 e. The third kappa shape index (κ3) is 5.04. The van der Waals surface area contributed by atoms with Crippen molar-refractivity contribution in [1.82, 2.24) is 24.8 Å². The zero-order valence-corrected chi connectivity index (χ0v) is 21.9. The molecule has 2 saturated heterocycles. The smallest absolute Gasteiger partial charge is 0.144 e. The van der Waals surface area contributed by atoms with Crippen molar-refractivity contribution in [2.45, 2.75) is 70.1 Å². The molecule has 3 aromatic heterocycles. The van der Waals surface area contributed by atoms with Crippen molar-refractivity contribution in [3.8, 4) is 11.3 Å². The molecular weight excluding hydrogens is 440 g/mol. The first kappa shape index (κ1) is 23.4. The Bertz CT molecular complexity index is 1100. The van der Waals surface area contributed by atoms with Gasteiger partial charge in [0, 0.05) is 63.7 Å². The lowest BCUT2D eigenvalue weighted by molar-refractivity contribution is 0.0899. The van der Waals surface area contributed by atoms with Crippen LogP contribution < -0.4 is 10.2 Å². The maximum atomic E-state index is 6.13. The lowest BCUT2D eigenvalue weighted by Gasteiger charge is -2.47. The summed E-state index contributed by atoms with van der Waals surface area (Å²) in [4.78, 5) is 16.4. The van der Waals surface area contributed by atoms with Gasteiger partial charge in [-0.25, -0.2) is 4.98 Å². The van der Waals surface area contributed by atoms with Crippen molar-refractivity contribution in [3.63, 3.8) is 0 Å². The highest BCUT2D eigenvalue weighted by molar-refractivity contribution is 6.76. The Morgan fingerprint density at radius 2 is 1.97 bits per heavy atom. The minimum Gasteiger partial charge on any atom is -0.369 e. The van der Waals surface area contributed by atoms with Crippen LogP contribution in [0.2, 0.25) is 25.7 Å². The molecule has 1 atom stereocenters. The van der Waals surface area contributed by atoms with Crippen molar-refractivity contribution < 1.29 is 4.74 Å². The monoisotopic (exact) mass is 478 g/mol. The Labute approximate surface area is 204 Å². The number of nitrogens with zero attached hydrogens (tertiary/aromatic N) is 5. The predicted octanol–water partition coefficient (Wildman–Crippen LogP) is 4.92. The summed E-state index contributed by atoms with van der Waals surface area (Å²) >= 11 is 0. The standard InChI is InChI=1S/C26H38N6OSi/c1-34(2,3)16-15-33-20-32-18-21(22-17-27-12-13-28-22)24-23(7-11-29-25(24)32)31-14-6-9-26(19-31)8-4-5-10-30-26/h7,11-13,17-18,30H,4-6,8-10,14-16,19-20H2,1-3H3. The van der Waals surface area contributed by atoms with Gasteiger partial charge in [-0.2, -0.15) is 0 Å². The zero-order chi connectivity index (χ0) is 23.6. The first-order valence-corrected chi connectivity index (χ1v) is 16.5. The van der Waals surface area contributed by atoms with Crippen molar-refractivity contribution in [1.29, 1.82) is 0 Å². The Kier molecular flexibility index (Phi) is 6.73. The largest absolute Gasteiger partial charge is 0.369 e. The van der Waals surface area contributed by atoms with E-state index in [1.54, 1.807) is 12.4 Å². The summed E-state index contributed by atoms with van der Waals surface area (Å²) in [6.45, 7) is 11.7. The number of piperidine rings is 2. The fraction of sp³-hybridized carbons (Fsp3) is 0.577. The van der Waals surface area contributed by atoms with Crippen molar-refractivity contribution in [3.05, 3.63) is 37.1 Å². The third-order valence-electron chi connectivity index (χ3n) is 7.30. The topological polar surface area (TPSA) is 68.1 Å². The molecule has 0 radical (unpaired) electrons. The molecule has 0 aliphatic carbocycles. The molecule has 1 N–H and O–H groups in total. The van der Waals surface area contributed by atoms with E-state index in [2.05, 4.69) is 56.7 Å². The molecule has 3 aromatic rings. The number of nitrogens with one attached hydrogen (secondary N) is 1. The summed E-state index contributed by atoms with van der Waals surface area (Å²) in [5.74, 6) is 0. The van der Waals surface area contributed by atoms with E-state index < -0.39 is 8.07 Å². The minimum absolute atomic E-state index is 0.237. The molecule has 5 heterocycles. The third-order valence-corrected chi connectivity index (χ3v) is 9.01. The van der Waals surface area contributed by atoms with Gasteiger partial charge in [-0.15, -0.1) is 0 Å². The molecular formula is C26H38N6OSi. The van der Waals surface area contributed by atoms with E-state index in [0.717, 1.165) is 54.6 Å². The number of hydrogen-bond acceptors (Lipinski definition) is 6. The summed E-state index contributed by atoms with van der Waals surface area (Å²) in [5, 5.41) is 5.04. The van der Waals surface area contributed by atoms with Crippen LogP contribution in [0.5, 0.6) is 0 Å². The minimum atomic E-state index is -1.13. The Balaban J connectivity index is 1.50. The molecule has 8 heteroatoms. The van der Waals surface area contributed by atoms with Crippen LogP contribution in [-0.2, 0) is 11.5 Å². The molecule has 2 aliphatic rings. The number of ether oxygens (including phenoxy) is 1. The molecule has 2 fully saturated rings. The highest BCUT2D eigenvalue weighted by atomic mass is 28.3. The highest BCUT2D eigenvalue weighted by Crippen LogP contribution is 2.39. The second kappa shape index (κ2) is 9.75. The number of fused-ring (bicyclic) bond motifs is 1. The van der Waals surface area contributed by atoms with Crippen molar-refractivity contribution >= 4 is 24.8 Å². The van der Waals surface area contributed by atoms with Gasteiger partial charge in [-0.3, -0.25) is 9.97 Å². The molecule has 0 aromatic carbocycles. The first-order chi connectivity index (χ1) is 16.4. The van der Waals surface area contributed by atoms with E-state index in [1.165, 1.54) is 37.8 Å². The van der Waals surface area contributed by atoms with E-state index in [4.69, 9.17) is 9.72 Å². The average Bonchev–Trinajstić information content (AvgIpc) is 3.21. The van der Waals surface area contributed by atoms with Gasteiger partial charge in [0.1, 0.15) is 12.4 Å². The van der Waals surface area contributed by atoms with Crippen molar-refractivity contribution in [2.24, 2.45) is 0 Å². The summed E-state index contributed by atoms with van der Waals surface area (Å²) in [6, 6.07) is 3.34. The van der Waals surface area contributed by atoms with Crippen LogP contribution in [0.1, 0.15) is 32.1 Å². The number of pyridine rings is 1. The van der Waals surface area contributed by atoms with E-state index >= 15 is 0 Å². The normalized spacial score (nSPS) is 21.4. The van der Waals surface area contributed by atoms with Crippen LogP contribution in [0.3, 0.4) is 0 Å². The fourth-order valence-corrected chi connectivity index (χ4v) is 6.21. The fourth-order valence-electron chi connectivity index (χ4n) is 5.45. The second-order valence-corrected chi connectivity index (χ2v) is 16.8. The van der Waals surface area contributed by atoms with E-state index in [1.807, 2.05) is 12.4 Å². The molecule has 1 spiro atoms. The van der Waals surface area contributed by atoms with E-state index in [0.29, 0.717) is 6.73 Å². The molecule has 1 unspecified atom stereocenters. The van der Waals surface area contributed by atoms with Crippen LogP contribution in [-0.4, -0.2) is 59.4 Å².